The van der Waals surface area contributed by atoms with Crippen molar-refractivity contribution in [3.05, 3.63) is 78.4 Å². The van der Waals surface area contributed by atoms with Gasteiger partial charge in [0.2, 0.25) is 0 Å². The SMILES string of the molecule is I.NC(=NCc1ccc(Oc2cccnc2)c(F)c1)Nc1ccc(OC(F)(F)F)cc1. The molecule has 0 unspecified atom stereocenters. The first-order chi connectivity index (χ1) is 14.3. The largest absolute Gasteiger partial charge is 0.573 e. The van der Waals surface area contributed by atoms with Gasteiger partial charge in [-0.15, -0.1) is 37.1 Å². The number of hydrogen-bond donors (Lipinski definition) is 2. The van der Waals surface area contributed by atoms with E-state index in [1.807, 2.05) is 0 Å². The molecule has 1 heterocycles. The zero-order valence-electron chi connectivity index (χ0n) is 15.8. The van der Waals surface area contributed by atoms with Crippen LogP contribution < -0.4 is 20.5 Å². The lowest BCUT2D eigenvalue weighted by molar-refractivity contribution is -0.274. The highest BCUT2D eigenvalue weighted by Gasteiger charge is 2.30. The van der Waals surface area contributed by atoms with Crippen molar-refractivity contribution in [3.63, 3.8) is 0 Å². The van der Waals surface area contributed by atoms with Crippen LogP contribution in [-0.2, 0) is 6.54 Å². The number of alkyl halides is 3. The Labute approximate surface area is 192 Å². The molecule has 164 valence electrons. The Morgan fingerprint density at radius 1 is 1.06 bits per heavy atom. The normalized spacial score (nSPS) is 11.4. The molecule has 3 aromatic rings. The second-order valence-electron chi connectivity index (χ2n) is 5.95. The van der Waals surface area contributed by atoms with E-state index in [2.05, 4.69) is 20.0 Å². The van der Waals surface area contributed by atoms with Crippen molar-refractivity contribution >= 4 is 35.6 Å². The van der Waals surface area contributed by atoms with Gasteiger partial charge in [-0.1, -0.05) is 6.07 Å². The third-order valence-electron chi connectivity index (χ3n) is 3.65. The fourth-order valence-electron chi connectivity index (χ4n) is 2.36. The van der Waals surface area contributed by atoms with Gasteiger partial charge in [0.15, 0.2) is 17.5 Å². The van der Waals surface area contributed by atoms with Crippen molar-refractivity contribution in [3.8, 4) is 17.2 Å². The van der Waals surface area contributed by atoms with E-state index in [1.165, 1.54) is 30.5 Å². The molecule has 11 heteroatoms. The topological polar surface area (TPSA) is 81.8 Å². The van der Waals surface area contributed by atoms with E-state index in [-0.39, 0.29) is 48.0 Å². The molecule has 0 bridgehead atoms. The minimum absolute atomic E-state index is 0. The first kappa shape index (κ1) is 24.2. The highest BCUT2D eigenvalue weighted by molar-refractivity contribution is 14.0. The zero-order valence-corrected chi connectivity index (χ0v) is 18.1. The highest BCUT2D eigenvalue weighted by atomic mass is 127. The van der Waals surface area contributed by atoms with Crippen LogP contribution in [0.3, 0.4) is 0 Å². The van der Waals surface area contributed by atoms with Crippen molar-refractivity contribution in [1.82, 2.24) is 4.98 Å². The Morgan fingerprint density at radius 3 is 2.42 bits per heavy atom. The van der Waals surface area contributed by atoms with Gasteiger partial charge in [-0.25, -0.2) is 9.38 Å². The number of benzene rings is 2. The number of anilines is 1. The fourth-order valence-corrected chi connectivity index (χ4v) is 2.36. The number of nitrogens with two attached hydrogens (primary N) is 1. The van der Waals surface area contributed by atoms with Crippen LogP contribution in [-0.4, -0.2) is 17.3 Å². The van der Waals surface area contributed by atoms with Crippen LogP contribution in [0.1, 0.15) is 5.56 Å². The molecule has 0 atom stereocenters. The Bertz CT molecular complexity index is 1020. The van der Waals surface area contributed by atoms with E-state index >= 15 is 0 Å². The van der Waals surface area contributed by atoms with Crippen molar-refractivity contribution in [1.29, 1.82) is 0 Å². The summed E-state index contributed by atoms with van der Waals surface area (Å²) in [6.07, 6.45) is -1.72. The number of guanidine groups is 1. The molecule has 3 rings (SSSR count). The number of aliphatic imine (C=N–C) groups is 1. The molecule has 31 heavy (non-hydrogen) atoms. The average Bonchev–Trinajstić information content (AvgIpc) is 2.69. The molecular weight excluding hydrogens is 531 g/mol. The number of halogens is 5. The molecule has 3 N–H and O–H groups in total. The molecule has 2 aromatic carbocycles. The summed E-state index contributed by atoms with van der Waals surface area (Å²) in [7, 11) is 0. The maximum Gasteiger partial charge on any atom is 0.573 e. The van der Waals surface area contributed by atoms with Gasteiger partial charge in [-0.3, -0.25) is 4.98 Å². The first-order valence-corrected chi connectivity index (χ1v) is 8.57. The van der Waals surface area contributed by atoms with Crippen LogP contribution in [0, 0.1) is 5.82 Å². The molecule has 0 aliphatic rings. The van der Waals surface area contributed by atoms with E-state index in [1.54, 1.807) is 24.4 Å². The fraction of sp³-hybridized carbons (Fsp3) is 0.100. The van der Waals surface area contributed by atoms with Crippen LogP contribution in [0.5, 0.6) is 17.2 Å². The van der Waals surface area contributed by atoms with E-state index in [9.17, 15) is 17.6 Å². The third-order valence-corrected chi connectivity index (χ3v) is 3.65. The Balaban J connectivity index is 0.00000341. The molecule has 0 aliphatic heterocycles. The van der Waals surface area contributed by atoms with Crippen molar-refractivity contribution in [2.45, 2.75) is 12.9 Å². The first-order valence-electron chi connectivity index (χ1n) is 8.57. The summed E-state index contributed by atoms with van der Waals surface area (Å²) in [5, 5.41) is 2.73. The molecular formula is C20H17F4IN4O2. The second-order valence-corrected chi connectivity index (χ2v) is 5.95. The van der Waals surface area contributed by atoms with Crippen LogP contribution >= 0.6 is 24.0 Å². The highest BCUT2D eigenvalue weighted by Crippen LogP contribution is 2.25. The Hall–Kier alpha value is -3.09. The van der Waals surface area contributed by atoms with Crippen LogP contribution in [0.15, 0.2) is 72.0 Å². The van der Waals surface area contributed by atoms with Gasteiger partial charge in [0.05, 0.1) is 12.7 Å². The molecule has 6 nitrogen and oxygen atoms in total. The minimum Gasteiger partial charge on any atom is -0.453 e. The summed E-state index contributed by atoms with van der Waals surface area (Å²) < 4.78 is 59.9. The van der Waals surface area contributed by atoms with E-state index in [0.29, 0.717) is 17.0 Å². The van der Waals surface area contributed by atoms with Gasteiger partial charge in [-0.2, -0.15) is 0 Å². The lowest BCUT2D eigenvalue weighted by atomic mass is 10.2. The standard InChI is InChI=1S/C20H16F4N4O2.HI/c21-17-10-13(3-8-18(17)29-16-2-1-9-26-12-16)11-27-19(25)28-14-4-6-15(7-5-14)30-20(22,23)24;/h1-10,12H,11H2,(H3,25,27,28);1H. The van der Waals surface area contributed by atoms with Gasteiger partial charge in [0, 0.05) is 11.9 Å². The lowest BCUT2D eigenvalue weighted by Gasteiger charge is -2.10. The van der Waals surface area contributed by atoms with Gasteiger partial charge >= 0.3 is 6.36 Å². The molecule has 0 radical (unpaired) electrons. The van der Waals surface area contributed by atoms with Crippen molar-refractivity contribution in [2.75, 3.05) is 5.32 Å². The minimum atomic E-state index is -4.76. The van der Waals surface area contributed by atoms with Crippen molar-refractivity contribution in [2.24, 2.45) is 10.7 Å². The predicted octanol–water partition coefficient (Wildman–Crippen LogP) is 5.46. The summed E-state index contributed by atoms with van der Waals surface area (Å²) in [4.78, 5) is 7.97. The summed E-state index contributed by atoms with van der Waals surface area (Å²) >= 11 is 0. The molecule has 0 saturated carbocycles. The van der Waals surface area contributed by atoms with E-state index in [0.717, 1.165) is 12.1 Å². The number of nitrogens with one attached hydrogen (secondary N) is 1. The lowest BCUT2D eigenvalue weighted by Crippen LogP contribution is -2.22. The number of pyridine rings is 1. The summed E-state index contributed by atoms with van der Waals surface area (Å²) in [6, 6.07) is 12.7. The number of rotatable bonds is 6. The average molecular weight is 548 g/mol. The molecule has 0 spiro atoms. The molecule has 1 aromatic heterocycles. The monoisotopic (exact) mass is 548 g/mol. The summed E-state index contributed by atoms with van der Waals surface area (Å²) in [5.41, 5.74) is 6.73. The van der Waals surface area contributed by atoms with Gasteiger partial charge in [-0.05, 0) is 54.1 Å². The molecule has 0 fully saturated rings. The molecule has 0 saturated heterocycles. The number of aromatic nitrogens is 1. The van der Waals surface area contributed by atoms with Crippen LogP contribution in [0.4, 0.5) is 23.2 Å². The number of ether oxygens (including phenoxy) is 2. The molecule has 0 amide bonds. The van der Waals surface area contributed by atoms with Gasteiger partial charge in [0.1, 0.15) is 11.5 Å². The van der Waals surface area contributed by atoms with Crippen LogP contribution in [0.25, 0.3) is 0 Å². The quantitative estimate of drug-likeness (QED) is 0.185. The van der Waals surface area contributed by atoms with Gasteiger partial charge in [0.25, 0.3) is 0 Å². The summed E-state index contributed by atoms with van der Waals surface area (Å²) in [5.74, 6) is -0.466. The van der Waals surface area contributed by atoms with E-state index in [4.69, 9.17) is 10.5 Å². The van der Waals surface area contributed by atoms with Gasteiger partial charge < -0.3 is 20.5 Å². The maximum absolute atomic E-state index is 14.2. The maximum atomic E-state index is 14.2. The Morgan fingerprint density at radius 2 is 1.81 bits per heavy atom. The Kier molecular flexibility index (Phi) is 8.42. The second kappa shape index (κ2) is 10.8. The number of hydrogen-bond acceptors (Lipinski definition) is 4. The summed E-state index contributed by atoms with van der Waals surface area (Å²) in [6.45, 7) is 0.0815. The van der Waals surface area contributed by atoms with Crippen molar-refractivity contribution < 1.29 is 27.0 Å². The van der Waals surface area contributed by atoms with E-state index < -0.39 is 12.2 Å². The smallest absolute Gasteiger partial charge is 0.453 e. The molecule has 0 aliphatic carbocycles. The third kappa shape index (κ3) is 7.92. The number of nitrogens with zero attached hydrogens (tertiary/aromatic N) is 2. The zero-order chi connectivity index (χ0) is 21.6. The predicted molar refractivity (Wildman–Crippen MR) is 118 cm³/mol. The van der Waals surface area contributed by atoms with Crippen LogP contribution in [0.2, 0.25) is 0 Å².